The zero-order chi connectivity index (χ0) is 16.4. The van der Waals surface area contributed by atoms with Gasteiger partial charge in [0, 0.05) is 18.9 Å². The lowest BCUT2D eigenvalue weighted by molar-refractivity contribution is -0.140. The number of carbonyl (C=O) groups excluding carboxylic acids is 2. The van der Waals surface area contributed by atoms with Gasteiger partial charge >= 0.3 is 11.9 Å². The van der Waals surface area contributed by atoms with Crippen LogP contribution in [0.4, 0.5) is 0 Å². The summed E-state index contributed by atoms with van der Waals surface area (Å²) in [4.78, 5) is 23.6. The Morgan fingerprint density at radius 1 is 1.27 bits per heavy atom. The molecule has 0 bridgehead atoms. The Morgan fingerprint density at radius 3 is 2.55 bits per heavy atom. The van der Waals surface area contributed by atoms with E-state index in [0.29, 0.717) is 21.6 Å². The first-order valence-corrected chi connectivity index (χ1v) is 7.69. The molecule has 1 heterocycles. The van der Waals surface area contributed by atoms with Gasteiger partial charge in [0.05, 0.1) is 29.2 Å². The summed E-state index contributed by atoms with van der Waals surface area (Å²) < 4.78 is 12.0. The molecule has 0 N–H and O–H groups in total. The van der Waals surface area contributed by atoms with E-state index in [1.165, 1.54) is 14.2 Å². The van der Waals surface area contributed by atoms with E-state index < -0.39 is 5.97 Å². The topological polar surface area (TPSA) is 57.5 Å². The Morgan fingerprint density at radius 2 is 1.95 bits per heavy atom. The van der Waals surface area contributed by atoms with Gasteiger partial charge in [-0.05, 0) is 34.0 Å². The fraction of sp³-hybridized carbons (Fsp3) is 0.333. The van der Waals surface area contributed by atoms with E-state index in [9.17, 15) is 9.59 Å². The van der Waals surface area contributed by atoms with E-state index in [0.717, 1.165) is 16.5 Å². The van der Waals surface area contributed by atoms with E-state index in [-0.39, 0.29) is 12.4 Å². The van der Waals surface area contributed by atoms with Crippen LogP contribution in [0.15, 0.2) is 16.6 Å². The number of aromatic nitrogens is 1. The number of ether oxygens (including phenoxy) is 2. The molecule has 0 spiro atoms. The lowest BCUT2D eigenvalue weighted by Gasteiger charge is -2.05. The van der Waals surface area contributed by atoms with E-state index in [1.807, 2.05) is 6.07 Å². The van der Waals surface area contributed by atoms with Gasteiger partial charge in [-0.15, -0.1) is 0 Å². The van der Waals surface area contributed by atoms with Gasteiger partial charge in [-0.2, -0.15) is 0 Å². The maximum absolute atomic E-state index is 12.1. The molecular formula is C15H15BrClNO4. The summed E-state index contributed by atoms with van der Waals surface area (Å²) in [6.45, 7) is 0. The van der Waals surface area contributed by atoms with Crippen molar-refractivity contribution < 1.29 is 19.1 Å². The number of hydrogen-bond donors (Lipinski definition) is 0. The second kappa shape index (κ2) is 6.71. The number of benzene rings is 1. The molecule has 118 valence electrons. The van der Waals surface area contributed by atoms with Gasteiger partial charge in [0.15, 0.2) is 0 Å². The van der Waals surface area contributed by atoms with Crippen molar-refractivity contribution in [1.29, 1.82) is 0 Å². The monoisotopic (exact) mass is 387 g/mol. The number of rotatable bonds is 4. The average molecular weight is 389 g/mol. The number of carbonyl (C=O) groups is 2. The zero-order valence-electron chi connectivity index (χ0n) is 12.4. The number of aryl methyl sites for hydroxylation is 2. The van der Waals surface area contributed by atoms with Gasteiger partial charge < -0.3 is 14.0 Å². The first-order chi connectivity index (χ1) is 10.4. The molecule has 0 fully saturated rings. The van der Waals surface area contributed by atoms with Crippen LogP contribution in [0.1, 0.15) is 22.5 Å². The molecule has 22 heavy (non-hydrogen) atoms. The van der Waals surface area contributed by atoms with E-state index in [1.54, 1.807) is 17.7 Å². The summed E-state index contributed by atoms with van der Waals surface area (Å²) in [5.41, 5.74) is 1.93. The lowest BCUT2D eigenvalue weighted by Crippen LogP contribution is -2.11. The highest BCUT2D eigenvalue weighted by Crippen LogP contribution is 2.36. The summed E-state index contributed by atoms with van der Waals surface area (Å²) in [7, 11) is 4.42. The van der Waals surface area contributed by atoms with Crippen molar-refractivity contribution in [3.8, 4) is 0 Å². The van der Waals surface area contributed by atoms with Gasteiger partial charge in [0.1, 0.15) is 5.69 Å². The molecule has 0 saturated carbocycles. The predicted molar refractivity (Wildman–Crippen MR) is 87.3 cm³/mol. The summed E-state index contributed by atoms with van der Waals surface area (Å²) in [5.74, 6) is -0.789. The van der Waals surface area contributed by atoms with Crippen LogP contribution in [0.2, 0.25) is 5.02 Å². The molecular weight excluding hydrogens is 374 g/mol. The molecule has 1 aromatic carbocycles. The number of halogens is 2. The van der Waals surface area contributed by atoms with Crippen LogP contribution in [0, 0.1) is 0 Å². The number of nitrogens with zero attached hydrogens (tertiary/aromatic N) is 1. The van der Waals surface area contributed by atoms with Crippen molar-refractivity contribution in [3.05, 3.63) is 32.9 Å². The standard InChI is InChI=1S/C15H15BrClNO4/c1-18-13-8(4-6-10(17)12(13)16)9(5-7-11(19)21-2)14(18)15(20)22-3/h4,6H,5,7H2,1-3H3. The zero-order valence-corrected chi connectivity index (χ0v) is 14.7. The molecule has 5 nitrogen and oxygen atoms in total. The second-order valence-corrected chi connectivity index (χ2v) is 5.91. The van der Waals surface area contributed by atoms with E-state index in [4.69, 9.17) is 16.3 Å². The van der Waals surface area contributed by atoms with Crippen molar-refractivity contribution in [2.75, 3.05) is 14.2 Å². The van der Waals surface area contributed by atoms with Gasteiger partial charge in [0.25, 0.3) is 0 Å². The molecule has 2 aromatic rings. The van der Waals surface area contributed by atoms with Crippen LogP contribution in [-0.4, -0.2) is 30.7 Å². The quantitative estimate of drug-likeness (QED) is 0.752. The Hall–Kier alpha value is -1.53. The molecule has 2 rings (SSSR count). The molecule has 0 saturated heterocycles. The van der Waals surface area contributed by atoms with Crippen LogP contribution in [0.5, 0.6) is 0 Å². The van der Waals surface area contributed by atoms with Gasteiger partial charge in [-0.25, -0.2) is 4.79 Å². The van der Waals surface area contributed by atoms with Crippen LogP contribution < -0.4 is 0 Å². The van der Waals surface area contributed by atoms with Crippen LogP contribution in [0.3, 0.4) is 0 Å². The third-order valence-electron chi connectivity index (χ3n) is 3.54. The van der Waals surface area contributed by atoms with Gasteiger partial charge in [-0.3, -0.25) is 4.79 Å². The SMILES string of the molecule is COC(=O)CCc1c(C(=O)OC)n(C)c2c(Br)c(Cl)ccc12. The largest absolute Gasteiger partial charge is 0.469 e. The molecule has 1 aromatic heterocycles. The lowest BCUT2D eigenvalue weighted by atomic mass is 10.1. The van der Waals surface area contributed by atoms with Crippen molar-refractivity contribution in [2.45, 2.75) is 12.8 Å². The Labute approximate surface area is 141 Å². The van der Waals surface area contributed by atoms with Gasteiger partial charge in [0.2, 0.25) is 0 Å². The highest BCUT2D eigenvalue weighted by molar-refractivity contribution is 9.10. The molecule has 0 unspecified atom stereocenters. The van der Waals surface area contributed by atoms with Crippen molar-refractivity contribution in [1.82, 2.24) is 4.57 Å². The first-order valence-electron chi connectivity index (χ1n) is 6.52. The molecule has 0 aliphatic carbocycles. The second-order valence-electron chi connectivity index (χ2n) is 4.71. The molecule has 0 radical (unpaired) electrons. The minimum Gasteiger partial charge on any atom is -0.469 e. The first kappa shape index (κ1) is 16.8. The molecule has 7 heteroatoms. The van der Waals surface area contributed by atoms with Crippen molar-refractivity contribution in [3.63, 3.8) is 0 Å². The summed E-state index contributed by atoms with van der Waals surface area (Å²) in [6, 6.07) is 3.58. The van der Waals surface area contributed by atoms with Crippen LogP contribution >= 0.6 is 27.5 Å². The summed E-state index contributed by atoms with van der Waals surface area (Å²) in [5, 5.41) is 1.40. The van der Waals surface area contributed by atoms with Crippen LogP contribution in [0.25, 0.3) is 10.9 Å². The van der Waals surface area contributed by atoms with Crippen molar-refractivity contribution >= 4 is 50.4 Å². The van der Waals surface area contributed by atoms with Crippen molar-refractivity contribution in [2.24, 2.45) is 7.05 Å². The summed E-state index contributed by atoms with van der Waals surface area (Å²) >= 11 is 9.58. The maximum Gasteiger partial charge on any atom is 0.354 e. The van der Waals surface area contributed by atoms with Crippen LogP contribution in [-0.2, 0) is 27.7 Å². The Balaban J connectivity index is 2.67. The molecule has 0 aliphatic heterocycles. The Bertz CT molecular complexity index is 754. The highest BCUT2D eigenvalue weighted by Gasteiger charge is 2.24. The van der Waals surface area contributed by atoms with Gasteiger partial charge in [-0.1, -0.05) is 17.7 Å². The molecule has 0 amide bonds. The fourth-order valence-electron chi connectivity index (χ4n) is 2.49. The molecule has 0 aliphatic rings. The number of fused-ring (bicyclic) bond motifs is 1. The predicted octanol–water partition coefficient (Wildman–Crippen LogP) is 3.49. The minimum absolute atomic E-state index is 0.180. The average Bonchev–Trinajstić information content (AvgIpc) is 2.80. The third kappa shape index (κ3) is 2.85. The smallest absolute Gasteiger partial charge is 0.354 e. The summed E-state index contributed by atoms with van der Waals surface area (Å²) in [6.07, 6.45) is 0.558. The number of hydrogen-bond acceptors (Lipinski definition) is 4. The van der Waals surface area contributed by atoms with E-state index >= 15 is 0 Å². The Kier molecular flexibility index (Phi) is 5.13. The maximum atomic E-state index is 12.1. The molecule has 0 atom stereocenters. The minimum atomic E-state index is -0.457. The normalized spacial score (nSPS) is 10.8. The third-order valence-corrected chi connectivity index (χ3v) is 4.88. The fourth-order valence-corrected chi connectivity index (χ4v) is 3.26. The number of methoxy groups -OCH3 is 2. The highest BCUT2D eigenvalue weighted by atomic mass is 79.9. The van der Waals surface area contributed by atoms with E-state index in [2.05, 4.69) is 20.7 Å². The number of esters is 2.